The lowest BCUT2D eigenvalue weighted by atomic mass is 10.3. The first kappa shape index (κ1) is 10.2. The summed E-state index contributed by atoms with van der Waals surface area (Å²) in [6, 6.07) is 0.463. The molecule has 0 rings (SSSR count). The van der Waals surface area contributed by atoms with Crippen LogP contribution in [-0.4, -0.2) is 6.04 Å². The number of hydrogen-bond acceptors (Lipinski definition) is 2. The van der Waals surface area contributed by atoms with Gasteiger partial charge in [0.05, 0.1) is 0 Å². The third-order valence-electron chi connectivity index (χ3n) is 0.897. The quantitative estimate of drug-likeness (QED) is 0.420. The van der Waals surface area contributed by atoms with Crippen molar-refractivity contribution in [1.29, 1.82) is 0 Å². The molecule has 0 amide bonds. The van der Waals surface area contributed by atoms with Crippen LogP contribution in [-0.2, 0) is 0 Å². The van der Waals surface area contributed by atoms with Crippen LogP contribution in [0.3, 0.4) is 0 Å². The number of nitrogens with two attached hydrogens (primary N) is 1. The van der Waals surface area contributed by atoms with Crippen molar-refractivity contribution in [3.05, 3.63) is 0 Å². The maximum atomic E-state index is 5.03. The molecule has 0 saturated carbocycles. The Hall–Kier alpha value is 0.210. The minimum absolute atomic E-state index is 0. The summed E-state index contributed by atoms with van der Waals surface area (Å²) < 4.78 is 0. The SMILES string of the molecule is CCC(C)NN.Cl. The minimum atomic E-state index is 0. The van der Waals surface area contributed by atoms with Gasteiger partial charge in [0.25, 0.3) is 0 Å². The zero-order valence-electron chi connectivity index (χ0n) is 4.77. The zero-order chi connectivity index (χ0) is 4.99. The van der Waals surface area contributed by atoms with Crippen LogP contribution in [0.5, 0.6) is 0 Å². The van der Waals surface area contributed by atoms with E-state index in [0.29, 0.717) is 6.04 Å². The van der Waals surface area contributed by atoms with Crippen LogP contribution in [0.4, 0.5) is 0 Å². The third kappa shape index (κ3) is 6.21. The first-order valence-electron chi connectivity index (χ1n) is 2.27. The van der Waals surface area contributed by atoms with Crippen LogP contribution in [0.15, 0.2) is 0 Å². The monoisotopic (exact) mass is 124 g/mol. The molecule has 2 nitrogen and oxygen atoms in total. The van der Waals surface area contributed by atoms with E-state index in [1.165, 1.54) is 0 Å². The fourth-order valence-electron chi connectivity index (χ4n) is 0.118. The minimum Gasteiger partial charge on any atom is -0.271 e. The summed E-state index contributed by atoms with van der Waals surface area (Å²) in [7, 11) is 0. The molecule has 0 saturated heterocycles. The van der Waals surface area contributed by atoms with Crippen LogP contribution in [0.2, 0.25) is 0 Å². The van der Waals surface area contributed by atoms with Crippen molar-refractivity contribution < 1.29 is 0 Å². The highest BCUT2D eigenvalue weighted by atomic mass is 35.5. The lowest BCUT2D eigenvalue weighted by molar-refractivity contribution is 0.555. The highest BCUT2D eigenvalue weighted by molar-refractivity contribution is 5.85. The van der Waals surface area contributed by atoms with Gasteiger partial charge in [0.15, 0.2) is 0 Å². The Morgan fingerprint density at radius 3 is 2.14 bits per heavy atom. The Labute approximate surface area is 50.8 Å². The molecule has 0 aliphatic heterocycles. The highest BCUT2D eigenvalue weighted by Crippen LogP contribution is 1.81. The van der Waals surface area contributed by atoms with Crippen molar-refractivity contribution in [3.8, 4) is 0 Å². The molecule has 0 fully saturated rings. The number of hydrogen-bond donors (Lipinski definition) is 2. The van der Waals surface area contributed by atoms with Gasteiger partial charge in [0, 0.05) is 6.04 Å². The van der Waals surface area contributed by atoms with Gasteiger partial charge in [-0.05, 0) is 13.3 Å². The number of nitrogens with one attached hydrogen (secondary N) is 1. The molecular weight excluding hydrogens is 112 g/mol. The highest BCUT2D eigenvalue weighted by Gasteiger charge is 1.87. The van der Waals surface area contributed by atoms with Crippen LogP contribution < -0.4 is 11.3 Å². The van der Waals surface area contributed by atoms with Crippen LogP contribution in [0.25, 0.3) is 0 Å². The topological polar surface area (TPSA) is 38.0 Å². The van der Waals surface area contributed by atoms with Crippen molar-refractivity contribution >= 4 is 12.4 Å². The molecule has 0 bridgehead atoms. The molecule has 1 atom stereocenters. The summed E-state index contributed by atoms with van der Waals surface area (Å²) >= 11 is 0. The molecule has 0 radical (unpaired) electrons. The van der Waals surface area contributed by atoms with E-state index in [0.717, 1.165) is 6.42 Å². The molecular formula is C4H13ClN2. The molecule has 46 valence electrons. The van der Waals surface area contributed by atoms with Gasteiger partial charge < -0.3 is 0 Å². The van der Waals surface area contributed by atoms with Crippen molar-refractivity contribution in [3.63, 3.8) is 0 Å². The first-order valence-corrected chi connectivity index (χ1v) is 2.27. The van der Waals surface area contributed by atoms with Crippen LogP contribution in [0.1, 0.15) is 20.3 Å². The second kappa shape index (κ2) is 6.21. The van der Waals surface area contributed by atoms with Gasteiger partial charge in [-0.2, -0.15) is 0 Å². The van der Waals surface area contributed by atoms with E-state index in [4.69, 9.17) is 5.84 Å². The van der Waals surface area contributed by atoms with E-state index in [1.807, 2.05) is 6.92 Å². The number of halogens is 1. The van der Waals surface area contributed by atoms with Crippen LogP contribution >= 0.6 is 12.4 Å². The fourth-order valence-corrected chi connectivity index (χ4v) is 0.118. The second-order valence-electron chi connectivity index (χ2n) is 1.48. The summed E-state index contributed by atoms with van der Waals surface area (Å²) in [5, 5.41) is 0. The molecule has 0 aliphatic carbocycles. The molecule has 3 heteroatoms. The Morgan fingerprint density at radius 2 is 2.14 bits per heavy atom. The lowest BCUT2D eigenvalue weighted by Gasteiger charge is -2.02. The number of hydrazine groups is 1. The Kier molecular flexibility index (Phi) is 9.09. The Bertz CT molecular complexity index is 28.9. The number of rotatable bonds is 2. The molecule has 0 aromatic carbocycles. The lowest BCUT2D eigenvalue weighted by Crippen LogP contribution is -2.31. The van der Waals surface area contributed by atoms with E-state index >= 15 is 0 Å². The molecule has 0 aliphatic rings. The van der Waals surface area contributed by atoms with Crippen molar-refractivity contribution in [2.45, 2.75) is 26.3 Å². The fraction of sp³-hybridized carbons (Fsp3) is 1.00. The van der Waals surface area contributed by atoms with Crippen molar-refractivity contribution in [2.24, 2.45) is 5.84 Å². The van der Waals surface area contributed by atoms with Gasteiger partial charge in [-0.15, -0.1) is 12.4 Å². The Morgan fingerprint density at radius 1 is 1.71 bits per heavy atom. The molecule has 3 N–H and O–H groups in total. The van der Waals surface area contributed by atoms with Gasteiger partial charge >= 0.3 is 0 Å². The van der Waals surface area contributed by atoms with E-state index in [2.05, 4.69) is 12.3 Å². The predicted molar refractivity (Wildman–Crippen MR) is 34.3 cm³/mol. The average molecular weight is 125 g/mol. The first-order chi connectivity index (χ1) is 2.81. The van der Waals surface area contributed by atoms with Crippen LogP contribution in [0, 0.1) is 0 Å². The normalized spacial score (nSPS) is 12.4. The third-order valence-corrected chi connectivity index (χ3v) is 0.897. The summed E-state index contributed by atoms with van der Waals surface area (Å²) in [4.78, 5) is 0. The molecule has 0 aromatic rings. The summed E-state index contributed by atoms with van der Waals surface area (Å²) in [6.45, 7) is 4.13. The predicted octanol–water partition coefficient (Wildman–Crippen LogP) is 0.670. The summed E-state index contributed by atoms with van der Waals surface area (Å²) in [5.74, 6) is 5.03. The maximum absolute atomic E-state index is 5.03. The van der Waals surface area contributed by atoms with Crippen molar-refractivity contribution in [2.75, 3.05) is 0 Å². The van der Waals surface area contributed by atoms with Gasteiger partial charge in [0.1, 0.15) is 0 Å². The van der Waals surface area contributed by atoms with Crippen molar-refractivity contribution in [1.82, 2.24) is 5.43 Å². The van der Waals surface area contributed by atoms with Gasteiger partial charge in [-0.25, -0.2) is 0 Å². The second-order valence-corrected chi connectivity index (χ2v) is 1.48. The molecule has 7 heavy (non-hydrogen) atoms. The largest absolute Gasteiger partial charge is 0.271 e. The van der Waals surface area contributed by atoms with E-state index in [-0.39, 0.29) is 12.4 Å². The van der Waals surface area contributed by atoms with E-state index in [1.54, 1.807) is 0 Å². The zero-order valence-corrected chi connectivity index (χ0v) is 5.59. The molecule has 0 heterocycles. The molecule has 0 spiro atoms. The van der Waals surface area contributed by atoms with Gasteiger partial charge in [0.2, 0.25) is 0 Å². The smallest absolute Gasteiger partial charge is 0.0179 e. The van der Waals surface area contributed by atoms with E-state index < -0.39 is 0 Å². The van der Waals surface area contributed by atoms with E-state index in [9.17, 15) is 0 Å². The van der Waals surface area contributed by atoms with Gasteiger partial charge in [-0.3, -0.25) is 11.3 Å². The summed E-state index contributed by atoms with van der Waals surface area (Å²) in [5.41, 5.74) is 2.61. The standard InChI is InChI=1S/C4H12N2.ClH/c1-3-4(2)6-5;/h4,6H,3,5H2,1-2H3;1H. The molecule has 0 aromatic heterocycles. The summed E-state index contributed by atoms with van der Waals surface area (Å²) in [6.07, 6.45) is 1.09. The average Bonchev–Trinajstić information content (AvgIpc) is 1.65. The Balaban J connectivity index is 0. The molecule has 1 unspecified atom stereocenters. The maximum Gasteiger partial charge on any atom is 0.0179 e. The van der Waals surface area contributed by atoms with Gasteiger partial charge in [-0.1, -0.05) is 6.92 Å².